The summed E-state index contributed by atoms with van der Waals surface area (Å²) in [5.41, 5.74) is 0.172. The van der Waals surface area contributed by atoms with Crippen molar-refractivity contribution in [3.05, 3.63) is 22.4 Å². The second kappa shape index (κ2) is 3.81. The van der Waals surface area contributed by atoms with Crippen molar-refractivity contribution in [3.63, 3.8) is 0 Å². The Kier molecular flexibility index (Phi) is 2.62. The molecule has 2 aliphatic rings. The first-order valence-electron chi connectivity index (χ1n) is 6.52. The van der Waals surface area contributed by atoms with Gasteiger partial charge in [-0.15, -0.1) is 11.3 Å². The molecule has 0 radical (unpaired) electrons. The second-order valence-electron chi connectivity index (χ2n) is 6.11. The molecule has 0 spiro atoms. The van der Waals surface area contributed by atoms with Crippen LogP contribution in [0.25, 0.3) is 0 Å². The van der Waals surface area contributed by atoms with Gasteiger partial charge >= 0.3 is 0 Å². The van der Waals surface area contributed by atoms with Gasteiger partial charge in [0.2, 0.25) is 0 Å². The number of hydrogen-bond donors (Lipinski definition) is 2. The van der Waals surface area contributed by atoms with Crippen LogP contribution < -0.4 is 5.32 Å². The van der Waals surface area contributed by atoms with E-state index in [0.717, 1.165) is 19.4 Å². The van der Waals surface area contributed by atoms with Crippen LogP contribution in [0, 0.1) is 11.3 Å². The Bertz CT molecular complexity index is 400. The molecule has 3 rings (SSSR count). The fourth-order valence-electron chi connectivity index (χ4n) is 4.02. The lowest BCUT2D eigenvalue weighted by molar-refractivity contribution is 0.0368. The van der Waals surface area contributed by atoms with E-state index in [1.54, 1.807) is 11.3 Å². The van der Waals surface area contributed by atoms with Crippen LogP contribution in [0.4, 0.5) is 0 Å². The molecule has 2 fully saturated rings. The highest BCUT2D eigenvalue weighted by molar-refractivity contribution is 7.09. The topological polar surface area (TPSA) is 32.3 Å². The predicted molar refractivity (Wildman–Crippen MR) is 71.0 cm³/mol. The molecule has 1 aromatic rings. The van der Waals surface area contributed by atoms with E-state index in [4.69, 9.17) is 0 Å². The molecule has 0 aromatic carbocycles. The molecule has 2 unspecified atom stereocenters. The zero-order chi connectivity index (χ0) is 12.1. The van der Waals surface area contributed by atoms with Crippen molar-refractivity contribution in [2.45, 2.75) is 51.3 Å². The van der Waals surface area contributed by atoms with Crippen LogP contribution in [0.5, 0.6) is 0 Å². The Hall–Kier alpha value is -0.380. The van der Waals surface area contributed by atoms with Crippen molar-refractivity contribution < 1.29 is 5.11 Å². The van der Waals surface area contributed by atoms with E-state index in [1.165, 1.54) is 11.3 Å². The van der Waals surface area contributed by atoms with Crippen LogP contribution in [0.3, 0.4) is 0 Å². The predicted octanol–water partition coefficient (Wildman–Crippen LogP) is 2.78. The summed E-state index contributed by atoms with van der Waals surface area (Å²) >= 11 is 1.79. The third kappa shape index (κ3) is 1.52. The molecule has 2 nitrogen and oxygen atoms in total. The van der Waals surface area contributed by atoms with E-state index >= 15 is 0 Å². The third-order valence-corrected chi connectivity index (χ3v) is 6.17. The number of thiophene rings is 1. The van der Waals surface area contributed by atoms with E-state index < -0.39 is 0 Å². The molecule has 2 bridgehead atoms. The minimum Gasteiger partial charge on any atom is -0.391 e. The van der Waals surface area contributed by atoms with Crippen molar-refractivity contribution >= 4 is 11.3 Å². The number of hydrogen-bond acceptors (Lipinski definition) is 3. The molecule has 94 valence electrons. The Morgan fingerprint density at radius 3 is 2.88 bits per heavy atom. The lowest BCUT2D eigenvalue weighted by Gasteiger charge is -2.41. The van der Waals surface area contributed by atoms with Crippen LogP contribution in [0.15, 0.2) is 17.5 Å². The third-order valence-electron chi connectivity index (χ3n) is 5.29. The molecular weight excluding hydrogens is 230 g/mol. The SMILES string of the molecule is CC1(C)C2CCC1(NCc1cccs1)[C@H](O)C2. The van der Waals surface area contributed by atoms with E-state index in [9.17, 15) is 5.11 Å². The van der Waals surface area contributed by atoms with E-state index in [0.29, 0.717) is 5.92 Å². The van der Waals surface area contributed by atoms with Gasteiger partial charge in [-0.2, -0.15) is 0 Å². The van der Waals surface area contributed by atoms with Gasteiger partial charge in [-0.25, -0.2) is 0 Å². The molecule has 3 atom stereocenters. The first-order valence-corrected chi connectivity index (χ1v) is 7.40. The van der Waals surface area contributed by atoms with Crippen LogP contribution in [0.1, 0.15) is 38.0 Å². The summed E-state index contributed by atoms with van der Waals surface area (Å²) in [4.78, 5) is 1.36. The number of aliphatic hydroxyl groups excluding tert-OH is 1. The normalized spacial score (nSPS) is 38.8. The maximum Gasteiger partial charge on any atom is 0.0730 e. The molecule has 2 aliphatic carbocycles. The quantitative estimate of drug-likeness (QED) is 0.866. The van der Waals surface area contributed by atoms with E-state index in [1.807, 2.05) is 0 Å². The van der Waals surface area contributed by atoms with Gasteiger partial charge in [-0.1, -0.05) is 19.9 Å². The molecule has 0 aliphatic heterocycles. The van der Waals surface area contributed by atoms with Crippen LogP contribution in [-0.4, -0.2) is 16.7 Å². The van der Waals surface area contributed by atoms with E-state index in [-0.39, 0.29) is 17.1 Å². The molecule has 0 saturated heterocycles. The first kappa shape index (κ1) is 11.7. The largest absolute Gasteiger partial charge is 0.391 e. The molecule has 0 amide bonds. The van der Waals surface area contributed by atoms with Gasteiger partial charge in [0.05, 0.1) is 6.10 Å². The summed E-state index contributed by atoms with van der Waals surface area (Å²) in [6, 6.07) is 4.25. The van der Waals surface area contributed by atoms with E-state index in [2.05, 4.69) is 36.7 Å². The summed E-state index contributed by atoms with van der Waals surface area (Å²) in [6.07, 6.45) is 3.19. The standard InChI is InChI=1S/C14H21NOS/c1-13(2)10-5-6-14(13,12(16)8-10)15-9-11-4-3-7-17-11/h3-4,7,10,12,15-16H,5-6,8-9H2,1-2H3/t10?,12-,14?/m1/s1. The van der Waals surface area contributed by atoms with Gasteiger partial charge in [-0.05, 0) is 42.0 Å². The molecule has 2 saturated carbocycles. The molecule has 1 aromatic heterocycles. The Morgan fingerprint density at radius 1 is 1.53 bits per heavy atom. The molecular formula is C14H21NOS. The van der Waals surface area contributed by atoms with Gasteiger partial charge in [0.25, 0.3) is 0 Å². The van der Waals surface area contributed by atoms with Crippen molar-refractivity contribution in [3.8, 4) is 0 Å². The van der Waals surface area contributed by atoms with Crippen LogP contribution in [0.2, 0.25) is 0 Å². The monoisotopic (exact) mass is 251 g/mol. The second-order valence-corrected chi connectivity index (χ2v) is 7.15. The van der Waals surface area contributed by atoms with Gasteiger partial charge < -0.3 is 10.4 Å². The molecule has 3 heteroatoms. The van der Waals surface area contributed by atoms with Gasteiger partial charge in [0.15, 0.2) is 0 Å². The van der Waals surface area contributed by atoms with Crippen LogP contribution in [-0.2, 0) is 6.54 Å². The van der Waals surface area contributed by atoms with Crippen molar-refractivity contribution in [2.75, 3.05) is 0 Å². The van der Waals surface area contributed by atoms with Crippen molar-refractivity contribution in [1.29, 1.82) is 0 Å². The fraction of sp³-hybridized carbons (Fsp3) is 0.714. The zero-order valence-corrected chi connectivity index (χ0v) is 11.4. The van der Waals surface area contributed by atoms with Gasteiger partial charge in [0, 0.05) is 17.0 Å². The smallest absolute Gasteiger partial charge is 0.0730 e. The van der Waals surface area contributed by atoms with Gasteiger partial charge in [-0.3, -0.25) is 0 Å². The molecule has 2 N–H and O–H groups in total. The zero-order valence-electron chi connectivity index (χ0n) is 10.6. The summed E-state index contributed by atoms with van der Waals surface area (Å²) in [5.74, 6) is 0.688. The minimum atomic E-state index is -0.170. The summed E-state index contributed by atoms with van der Waals surface area (Å²) in [5, 5.41) is 16.2. The lowest BCUT2D eigenvalue weighted by atomic mass is 9.75. The highest BCUT2D eigenvalue weighted by Gasteiger charge is 2.63. The lowest BCUT2D eigenvalue weighted by Crippen LogP contribution is -2.57. The van der Waals surface area contributed by atoms with Crippen molar-refractivity contribution in [2.24, 2.45) is 11.3 Å². The fourth-order valence-corrected chi connectivity index (χ4v) is 4.66. The number of aliphatic hydroxyl groups is 1. The Labute approximate surface area is 107 Å². The van der Waals surface area contributed by atoms with Gasteiger partial charge in [0.1, 0.15) is 0 Å². The number of rotatable bonds is 3. The summed E-state index contributed by atoms with van der Waals surface area (Å²) in [6.45, 7) is 5.54. The maximum atomic E-state index is 10.4. The average molecular weight is 251 g/mol. The molecule has 17 heavy (non-hydrogen) atoms. The Balaban J connectivity index is 1.80. The molecule has 1 heterocycles. The number of nitrogens with one attached hydrogen (secondary N) is 1. The van der Waals surface area contributed by atoms with Crippen LogP contribution >= 0.6 is 11.3 Å². The minimum absolute atomic E-state index is 0.0539. The summed E-state index contributed by atoms with van der Waals surface area (Å²) in [7, 11) is 0. The Morgan fingerprint density at radius 2 is 2.35 bits per heavy atom. The maximum absolute atomic E-state index is 10.4. The number of fused-ring (bicyclic) bond motifs is 2. The van der Waals surface area contributed by atoms with Crippen molar-refractivity contribution in [1.82, 2.24) is 5.32 Å². The summed E-state index contributed by atoms with van der Waals surface area (Å²) < 4.78 is 0. The highest BCUT2D eigenvalue weighted by atomic mass is 32.1. The average Bonchev–Trinajstić information content (AvgIpc) is 2.91. The first-order chi connectivity index (χ1) is 8.06. The highest BCUT2D eigenvalue weighted by Crippen LogP contribution is 2.60.